The molecule has 4 rings (SSSR count). The highest BCUT2D eigenvalue weighted by atomic mass is 16.2. The summed E-state index contributed by atoms with van der Waals surface area (Å²) < 4.78 is 2.32. The summed E-state index contributed by atoms with van der Waals surface area (Å²) in [6.45, 7) is 2.33. The van der Waals surface area contributed by atoms with Crippen LogP contribution in [0.15, 0.2) is 49.1 Å². The third-order valence-electron chi connectivity index (χ3n) is 4.44. The van der Waals surface area contributed by atoms with Crippen LogP contribution in [0.25, 0.3) is 10.9 Å². The van der Waals surface area contributed by atoms with E-state index in [1.807, 2.05) is 4.90 Å². The minimum absolute atomic E-state index is 0.199. The molecule has 1 amide bonds. The molecule has 0 atom stereocenters. The lowest BCUT2D eigenvalue weighted by Crippen LogP contribution is -2.38. The Morgan fingerprint density at radius 1 is 1.13 bits per heavy atom. The predicted octanol–water partition coefficient (Wildman–Crippen LogP) is 2.41. The minimum Gasteiger partial charge on any atom is -0.341 e. The lowest BCUT2D eigenvalue weighted by atomic mass is 10.1. The van der Waals surface area contributed by atoms with Crippen LogP contribution in [0, 0.1) is 0 Å². The summed E-state index contributed by atoms with van der Waals surface area (Å²) in [5, 5.41) is 1.25. The second-order valence-corrected chi connectivity index (χ2v) is 5.91. The molecule has 23 heavy (non-hydrogen) atoms. The quantitative estimate of drug-likeness (QED) is 0.746. The van der Waals surface area contributed by atoms with Crippen LogP contribution in [0.2, 0.25) is 0 Å². The number of carbonyl (C=O) groups is 1. The van der Waals surface area contributed by atoms with Gasteiger partial charge in [-0.25, -0.2) is 9.97 Å². The van der Waals surface area contributed by atoms with Crippen LogP contribution in [-0.2, 0) is 24.3 Å². The maximum absolute atomic E-state index is 12.5. The van der Waals surface area contributed by atoms with Crippen molar-refractivity contribution >= 4 is 16.8 Å². The third kappa shape index (κ3) is 2.70. The lowest BCUT2D eigenvalue weighted by Gasteiger charge is -2.29. The second-order valence-electron chi connectivity index (χ2n) is 5.91. The van der Waals surface area contributed by atoms with E-state index in [1.54, 1.807) is 12.4 Å². The van der Waals surface area contributed by atoms with Crippen molar-refractivity contribution in [1.82, 2.24) is 19.4 Å². The van der Waals surface area contributed by atoms with E-state index in [0.29, 0.717) is 19.4 Å². The van der Waals surface area contributed by atoms with Gasteiger partial charge in [-0.2, -0.15) is 0 Å². The lowest BCUT2D eigenvalue weighted by molar-refractivity contribution is -0.132. The third-order valence-corrected chi connectivity index (χ3v) is 4.44. The molecule has 2 aromatic heterocycles. The Kier molecular flexibility index (Phi) is 3.54. The SMILES string of the molecule is O=C(CCc1cncnc1)N1CCn2c(cc3ccccc32)C1. The normalized spacial score (nSPS) is 14.0. The van der Waals surface area contributed by atoms with Crippen molar-refractivity contribution in [3.05, 3.63) is 60.3 Å². The molecule has 0 fully saturated rings. The van der Waals surface area contributed by atoms with E-state index in [4.69, 9.17) is 0 Å². The number of hydrogen-bond donors (Lipinski definition) is 0. The van der Waals surface area contributed by atoms with E-state index in [2.05, 4.69) is 44.9 Å². The molecule has 0 bridgehead atoms. The van der Waals surface area contributed by atoms with E-state index in [9.17, 15) is 4.79 Å². The molecule has 3 heterocycles. The zero-order valence-corrected chi connectivity index (χ0v) is 12.9. The van der Waals surface area contributed by atoms with Gasteiger partial charge in [0.1, 0.15) is 6.33 Å². The first-order chi connectivity index (χ1) is 11.3. The van der Waals surface area contributed by atoms with Gasteiger partial charge in [-0.15, -0.1) is 0 Å². The first-order valence-electron chi connectivity index (χ1n) is 7.90. The zero-order chi connectivity index (χ0) is 15.6. The fourth-order valence-electron chi connectivity index (χ4n) is 3.24. The molecule has 1 aliphatic rings. The average molecular weight is 306 g/mol. The maximum Gasteiger partial charge on any atom is 0.223 e. The molecule has 0 spiro atoms. The van der Waals surface area contributed by atoms with Gasteiger partial charge in [-0.1, -0.05) is 18.2 Å². The highest BCUT2D eigenvalue weighted by molar-refractivity contribution is 5.82. The summed E-state index contributed by atoms with van der Waals surface area (Å²) >= 11 is 0. The van der Waals surface area contributed by atoms with Crippen molar-refractivity contribution in [3.63, 3.8) is 0 Å². The van der Waals surface area contributed by atoms with Gasteiger partial charge in [-0.3, -0.25) is 4.79 Å². The van der Waals surface area contributed by atoms with E-state index < -0.39 is 0 Å². The number of amides is 1. The fraction of sp³-hybridized carbons (Fsp3) is 0.278. The van der Waals surface area contributed by atoms with Crippen molar-refractivity contribution in [3.8, 4) is 0 Å². The van der Waals surface area contributed by atoms with Crippen LogP contribution in [0.1, 0.15) is 17.7 Å². The van der Waals surface area contributed by atoms with E-state index in [-0.39, 0.29) is 5.91 Å². The smallest absolute Gasteiger partial charge is 0.223 e. The fourth-order valence-corrected chi connectivity index (χ4v) is 3.24. The highest BCUT2D eigenvalue weighted by Crippen LogP contribution is 2.24. The molecule has 0 saturated heterocycles. The summed E-state index contributed by atoms with van der Waals surface area (Å²) in [5.74, 6) is 0.199. The van der Waals surface area contributed by atoms with Crippen LogP contribution in [0.3, 0.4) is 0 Å². The Morgan fingerprint density at radius 3 is 2.83 bits per heavy atom. The van der Waals surface area contributed by atoms with Crippen molar-refractivity contribution in [1.29, 1.82) is 0 Å². The Morgan fingerprint density at radius 2 is 1.96 bits per heavy atom. The number of benzene rings is 1. The Balaban J connectivity index is 1.46. The molecular weight excluding hydrogens is 288 g/mol. The molecule has 0 saturated carbocycles. The molecule has 5 nitrogen and oxygen atoms in total. The molecule has 0 unspecified atom stereocenters. The standard InChI is InChI=1S/C18H18N4O/c23-18(6-5-14-10-19-13-20-11-14)21-7-8-22-16(12-21)9-15-3-1-2-4-17(15)22/h1-4,9-11,13H,5-8,12H2. The Bertz CT molecular complexity index is 841. The van der Waals surface area contributed by atoms with Crippen molar-refractivity contribution in [2.45, 2.75) is 25.9 Å². The van der Waals surface area contributed by atoms with Crippen LogP contribution >= 0.6 is 0 Å². The number of aryl methyl sites for hydroxylation is 1. The monoisotopic (exact) mass is 306 g/mol. The number of para-hydroxylation sites is 1. The van der Waals surface area contributed by atoms with Crippen LogP contribution in [0.5, 0.6) is 0 Å². The summed E-state index contributed by atoms with van der Waals surface area (Å²) in [4.78, 5) is 22.4. The average Bonchev–Trinajstić information content (AvgIpc) is 2.98. The molecule has 1 aliphatic heterocycles. The van der Waals surface area contributed by atoms with E-state index in [0.717, 1.165) is 18.7 Å². The number of aromatic nitrogens is 3. The highest BCUT2D eigenvalue weighted by Gasteiger charge is 2.21. The van der Waals surface area contributed by atoms with Crippen molar-refractivity contribution in [2.24, 2.45) is 0 Å². The number of hydrogen-bond acceptors (Lipinski definition) is 3. The van der Waals surface area contributed by atoms with Gasteiger partial charge in [0.25, 0.3) is 0 Å². The van der Waals surface area contributed by atoms with Crippen LogP contribution < -0.4 is 0 Å². The summed E-state index contributed by atoms with van der Waals surface area (Å²) in [6.07, 6.45) is 6.25. The van der Waals surface area contributed by atoms with Crippen LogP contribution in [0.4, 0.5) is 0 Å². The second kappa shape index (κ2) is 5.83. The molecule has 1 aromatic carbocycles. The van der Waals surface area contributed by atoms with Gasteiger partial charge in [0, 0.05) is 43.1 Å². The molecule has 3 aromatic rings. The van der Waals surface area contributed by atoms with Crippen LogP contribution in [-0.4, -0.2) is 31.9 Å². The molecule has 116 valence electrons. The first kappa shape index (κ1) is 13.9. The minimum atomic E-state index is 0.199. The number of carbonyl (C=O) groups excluding carboxylic acids is 1. The number of nitrogens with zero attached hydrogens (tertiary/aromatic N) is 4. The van der Waals surface area contributed by atoms with Gasteiger partial charge < -0.3 is 9.47 Å². The van der Waals surface area contributed by atoms with Gasteiger partial charge >= 0.3 is 0 Å². The van der Waals surface area contributed by atoms with Crippen molar-refractivity contribution < 1.29 is 4.79 Å². The van der Waals surface area contributed by atoms with Gasteiger partial charge in [0.05, 0.1) is 6.54 Å². The number of fused-ring (bicyclic) bond motifs is 3. The van der Waals surface area contributed by atoms with Gasteiger partial charge in [0.15, 0.2) is 0 Å². The zero-order valence-electron chi connectivity index (χ0n) is 12.9. The molecule has 5 heteroatoms. The Labute approximate surface area is 134 Å². The molecular formula is C18H18N4O. The summed E-state index contributed by atoms with van der Waals surface area (Å²) in [6, 6.07) is 10.6. The van der Waals surface area contributed by atoms with Crippen molar-refractivity contribution in [2.75, 3.05) is 6.54 Å². The first-order valence-corrected chi connectivity index (χ1v) is 7.90. The molecule has 0 aliphatic carbocycles. The Hall–Kier alpha value is -2.69. The van der Waals surface area contributed by atoms with E-state index >= 15 is 0 Å². The topological polar surface area (TPSA) is 51.0 Å². The molecule has 0 N–H and O–H groups in total. The number of rotatable bonds is 3. The predicted molar refractivity (Wildman–Crippen MR) is 87.7 cm³/mol. The van der Waals surface area contributed by atoms with E-state index in [1.165, 1.54) is 22.9 Å². The molecule has 0 radical (unpaired) electrons. The maximum atomic E-state index is 12.5. The summed E-state index contributed by atoms with van der Waals surface area (Å²) in [5.41, 5.74) is 3.48. The largest absolute Gasteiger partial charge is 0.341 e. The summed E-state index contributed by atoms with van der Waals surface area (Å²) in [7, 11) is 0. The van der Waals surface area contributed by atoms with Gasteiger partial charge in [0.2, 0.25) is 5.91 Å². The van der Waals surface area contributed by atoms with Gasteiger partial charge in [-0.05, 0) is 29.5 Å².